The lowest BCUT2D eigenvalue weighted by molar-refractivity contribution is 0.471. The molecule has 0 unspecified atom stereocenters. The van der Waals surface area contributed by atoms with Gasteiger partial charge in [-0.15, -0.1) is 0 Å². The van der Waals surface area contributed by atoms with Gasteiger partial charge >= 0.3 is 0 Å². The van der Waals surface area contributed by atoms with Crippen molar-refractivity contribution in [2.24, 2.45) is 0 Å². The molecule has 0 amide bonds. The average molecular weight is 279 g/mol. The van der Waals surface area contributed by atoms with Crippen LogP contribution in [-0.4, -0.2) is 16.5 Å². The number of hydrogen-bond acceptors (Lipinski definition) is 4. The highest BCUT2D eigenvalue weighted by atomic mass is 16.5. The number of nitrogens with zero attached hydrogens (tertiary/aromatic N) is 2. The molecule has 4 heteroatoms. The molecule has 1 aromatic carbocycles. The number of benzene rings is 1. The molecular weight excluding hydrogens is 262 g/mol. The standard InChI is InChI=1S/C17H17N3O/c1-2-18-10-14-11-19-8-7-17(14)21-15-9-13-5-3-4-6-16(13)20-12-15/h3-9,11-12,18H,2,10H2,1H3. The molecular formula is C17H17N3O. The fourth-order valence-electron chi connectivity index (χ4n) is 2.14. The number of ether oxygens (including phenoxy) is 1. The van der Waals surface area contributed by atoms with Crippen molar-refractivity contribution in [1.82, 2.24) is 15.3 Å². The summed E-state index contributed by atoms with van der Waals surface area (Å²) in [5.41, 5.74) is 2.00. The highest BCUT2D eigenvalue weighted by molar-refractivity contribution is 5.79. The number of hydrogen-bond donors (Lipinski definition) is 1. The molecule has 1 N–H and O–H groups in total. The van der Waals surface area contributed by atoms with E-state index >= 15 is 0 Å². The van der Waals surface area contributed by atoms with E-state index < -0.39 is 0 Å². The van der Waals surface area contributed by atoms with Crippen molar-refractivity contribution in [3.05, 3.63) is 60.6 Å². The summed E-state index contributed by atoms with van der Waals surface area (Å²) in [6, 6.07) is 11.9. The zero-order valence-electron chi connectivity index (χ0n) is 11.9. The summed E-state index contributed by atoms with van der Waals surface area (Å²) in [5.74, 6) is 1.54. The SMILES string of the molecule is CCNCc1cnccc1Oc1cnc2ccccc2c1. The first kappa shape index (κ1) is 13.5. The molecule has 3 rings (SSSR count). The normalized spacial score (nSPS) is 10.7. The number of rotatable bonds is 5. The maximum absolute atomic E-state index is 5.97. The van der Waals surface area contributed by atoms with E-state index in [1.54, 1.807) is 12.4 Å². The molecule has 0 aliphatic heterocycles. The minimum absolute atomic E-state index is 0.734. The van der Waals surface area contributed by atoms with Gasteiger partial charge in [0, 0.05) is 29.9 Å². The molecule has 0 atom stereocenters. The fourth-order valence-corrected chi connectivity index (χ4v) is 2.14. The van der Waals surface area contributed by atoms with E-state index in [2.05, 4.69) is 22.2 Å². The average Bonchev–Trinajstić information content (AvgIpc) is 2.54. The lowest BCUT2D eigenvalue weighted by atomic mass is 10.2. The topological polar surface area (TPSA) is 47.0 Å². The van der Waals surface area contributed by atoms with E-state index in [-0.39, 0.29) is 0 Å². The van der Waals surface area contributed by atoms with Crippen LogP contribution < -0.4 is 10.1 Å². The van der Waals surface area contributed by atoms with Crippen LogP contribution in [0.4, 0.5) is 0 Å². The Balaban J connectivity index is 1.87. The predicted octanol–water partition coefficient (Wildman–Crippen LogP) is 3.53. The van der Waals surface area contributed by atoms with E-state index in [1.165, 1.54) is 0 Å². The molecule has 0 fully saturated rings. The summed E-state index contributed by atoms with van der Waals surface area (Å²) in [6.07, 6.45) is 5.31. The van der Waals surface area contributed by atoms with E-state index in [4.69, 9.17) is 4.74 Å². The van der Waals surface area contributed by atoms with E-state index in [0.29, 0.717) is 0 Å². The molecule has 2 aromatic heterocycles. The first-order valence-electron chi connectivity index (χ1n) is 7.03. The second-order valence-corrected chi connectivity index (χ2v) is 4.73. The van der Waals surface area contributed by atoms with Crippen molar-refractivity contribution in [1.29, 1.82) is 0 Å². The molecule has 0 radical (unpaired) electrons. The van der Waals surface area contributed by atoms with Gasteiger partial charge in [0.2, 0.25) is 0 Å². The van der Waals surface area contributed by atoms with Crippen molar-refractivity contribution in [3.63, 3.8) is 0 Å². The van der Waals surface area contributed by atoms with Crippen LogP contribution in [-0.2, 0) is 6.54 Å². The quantitative estimate of drug-likeness (QED) is 0.776. The van der Waals surface area contributed by atoms with Gasteiger partial charge in [0.15, 0.2) is 0 Å². The van der Waals surface area contributed by atoms with Crippen LogP contribution in [0.2, 0.25) is 0 Å². The van der Waals surface area contributed by atoms with E-state index in [0.717, 1.165) is 41.1 Å². The fraction of sp³-hybridized carbons (Fsp3) is 0.176. The predicted molar refractivity (Wildman–Crippen MR) is 83.4 cm³/mol. The number of aromatic nitrogens is 2. The highest BCUT2D eigenvalue weighted by Gasteiger charge is 2.05. The van der Waals surface area contributed by atoms with E-state index in [9.17, 15) is 0 Å². The Labute approximate surface area is 123 Å². The third kappa shape index (κ3) is 3.17. The van der Waals surface area contributed by atoms with Crippen molar-refractivity contribution < 1.29 is 4.74 Å². The number of para-hydroxylation sites is 1. The molecule has 4 nitrogen and oxygen atoms in total. The van der Waals surface area contributed by atoms with Gasteiger partial charge in [0.25, 0.3) is 0 Å². The molecule has 0 saturated carbocycles. The molecule has 2 heterocycles. The minimum atomic E-state index is 0.734. The highest BCUT2D eigenvalue weighted by Crippen LogP contribution is 2.26. The second kappa shape index (κ2) is 6.33. The van der Waals surface area contributed by atoms with Crippen LogP contribution in [0.5, 0.6) is 11.5 Å². The Hall–Kier alpha value is -2.46. The van der Waals surface area contributed by atoms with Gasteiger partial charge in [0.1, 0.15) is 11.5 Å². The number of pyridine rings is 2. The Kier molecular flexibility index (Phi) is 4.07. The van der Waals surface area contributed by atoms with Crippen molar-refractivity contribution >= 4 is 10.9 Å². The maximum Gasteiger partial charge on any atom is 0.146 e. The monoisotopic (exact) mass is 279 g/mol. The zero-order valence-corrected chi connectivity index (χ0v) is 11.9. The van der Waals surface area contributed by atoms with Gasteiger partial charge in [-0.05, 0) is 24.7 Å². The molecule has 0 saturated heterocycles. The van der Waals surface area contributed by atoms with Gasteiger partial charge in [-0.3, -0.25) is 9.97 Å². The Bertz CT molecular complexity index is 743. The molecule has 106 valence electrons. The van der Waals surface area contributed by atoms with Crippen molar-refractivity contribution in [3.8, 4) is 11.5 Å². The lowest BCUT2D eigenvalue weighted by Gasteiger charge is -2.11. The molecule has 21 heavy (non-hydrogen) atoms. The summed E-state index contributed by atoms with van der Waals surface area (Å²) in [5, 5.41) is 4.35. The molecule has 0 aliphatic rings. The number of nitrogens with one attached hydrogen (secondary N) is 1. The van der Waals surface area contributed by atoms with Crippen LogP contribution >= 0.6 is 0 Å². The summed E-state index contributed by atoms with van der Waals surface area (Å²) in [6.45, 7) is 3.72. The maximum atomic E-state index is 5.97. The van der Waals surface area contributed by atoms with Crippen molar-refractivity contribution in [2.45, 2.75) is 13.5 Å². The molecule has 0 bridgehead atoms. The third-order valence-corrected chi connectivity index (χ3v) is 3.22. The lowest BCUT2D eigenvalue weighted by Crippen LogP contribution is -2.12. The minimum Gasteiger partial charge on any atom is -0.455 e. The van der Waals surface area contributed by atoms with Gasteiger partial charge in [-0.1, -0.05) is 25.1 Å². The van der Waals surface area contributed by atoms with Gasteiger partial charge in [-0.2, -0.15) is 0 Å². The summed E-state index contributed by atoms with van der Waals surface area (Å²) in [4.78, 5) is 8.57. The summed E-state index contributed by atoms with van der Waals surface area (Å²) >= 11 is 0. The smallest absolute Gasteiger partial charge is 0.146 e. The Morgan fingerprint density at radius 2 is 2.05 bits per heavy atom. The van der Waals surface area contributed by atoms with Gasteiger partial charge in [-0.25, -0.2) is 0 Å². The van der Waals surface area contributed by atoms with E-state index in [1.807, 2.05) is 42.6 Å². The van der Waals surface area contributed by atoms with Crippen LogP contribution in [0.1, 0.15) is 12.5 Å². The van der Waals surface area contributed by atoms with Crippen molar-refractivity contribution in [2.75, 3.05) is 6.54 Å². The Morgan fingerprint density at radius 1 is 1.14 bits per heavy atom. The summed E-state index contributed by atoms with van der Waals surface area (Å²) in [7, 11) is 0. The van der Waals surface area contributed by atoms with Gasteiger partial charge in [0.05, 0.1) is 11.7 Å². The second-order valence-electron chi connectivity index (χ2n) is 4.73. The third-order valence-electron chi connectivity index (χ3n) is 3.22. The van der Waals surface area contributed by atoms with Gasteiger partial charge < -0.3 is 10.1 Å². The van der Waals surface area contributed by atoms with Crippen LogP contribution in [0.3, 0.4) is 0 Å². The first-order valence-corrected chi connectivity index (χ1v) is 7.03. The summed E-state index contributed by atoms with van der Waals surface area (Å²) < 4.78 is 5.97. The van der Waals surface area contributed by atoms with Crippen LogP contribution in [0.25, 0.3) is 10.9 Å². The molecule has 3 aromatic rings. The van der Waals surface area contributed by atoms with Crippen LogP contribution in [0.15, 0.2) is 55.0 Å². The molecule has 0 aliphatic carbocycles. The first-order chi connectivity index (χ1) is 10.4. The Morgan fingerprint density at radius 3 is 2.95 bits per heavy atom. The zero-order chi connectivity index (χ0) is 14.5. The van der Waals surface area contributed by atoms with Crippen LogP contribution in [0, 0.1) is 0 Å². The molecule has 0 spiro atoms. The number of fused-ring (bicyclic) bond motifs is 1. The largest absolute Gasteiger partial charge is 0.455 e.